The number of carbonyl (C=O) groups excluding carboxylic acids is 3. The molecule has 1 aliphatic carbocycles. The summed E-state index contributed by atoms with van der Waals surface area (Å²) in [6.07, 6.45) is -3.80. The van der Waals surface area contributed by atoms with Crippen LogP contribution in [0.25, 0.3) is 0 Å². The van der Waals surface area contributed by atoms with Gasteiger partial charge in [0.1, 0.15) is 11.2 Å². The Hall–Kier alpha value is -3.87. The van der Waals surface area contributed by atoms with E-state index in [9.17, 15) is 27.6 Å². The average Bonchev–Trinajstić information content (AvgIpc) is 3.77. The molecule has 2 saturated heterocycles. The average molecular weight is 588 g/mol. The summed E-state index contributed by atoms with van der Waals surface area (Å²) in [5.41, 5.74) is 5.90. The van der Waals surface area contributed by atoms with Gasteiger partial charge in [0.05, 0.1) is 17.9 Å². The molecule has 0 unspecified atom stereocenters. The van der Waals surface area contributed by atoms with Crippen molar-refractivity contribution in [1.82, 2.24) is 19.7 Å². The molecule has 0 spiro atoms. The molecule has 10 nitrogen and oxygen atoms in total. The number of nitrogens with two attached hydrogens (primary N) is 1. The molecule has 0 bridgehead atoms. The molecule has 13 heteroatoms. The fourth-order valence-corrected chi connectivity index (χ4v) is 5.73. The van der Waals surface area contributed by atoms with E-state index in [0.717, 1.165) is 31.9 Å². The molecule has 2 aliphatic heterocycles. The first-order chi connectivity index (χ1) is 19.8. The number of nitrogens with one attached hydrogen (secondary N) is 1. The fraction of sp³-hybridized carbons (Fsp3) is 0.517. The SMILES string of the molecule is Cc1cc(NC(=O)C(=O)N2C[C@@H](C)N(C(=O)C3(C(F)(F)F)CC3)C[C@@H]2c2ccc(N3CCN(C)CC3)cc2)cnc1N. The number of aryl methyl sites for hydroxylation is 1. The van der Waals surface area contributed by atoms with Gasteiger partial charge in [-0.25, -0.2) is 4.98 Å². The molecule has 42 heavy (non-hydrogen) atoms. The highest BCUT2D eigenvalue weighted by molar-refractivity contribution is 6.39. The molecule has 1 aromatic carbocycles. The van der Waals surface area contributed by atoms with Gasteiger partial charge in [-0.05, 0) is 63.1 Å². The van der Waals surface area contributed by atoms with E-state index in [1.165, 1.54) is 16.0 Å². The molecule has 1 aromatic heterocycles. The highest BCUT2D eigenvalue weighted by Gasteiger charge is 2.70. The first-order valence-electron chi connectivity index (χ1n) is 14.1. The lowest BCUT2D eigenvalue weighted by atomic mass is 9.96. The molecule has 3 N–H and O–H groups in total. The molecule has 2 atom stereocenters. The van der Waals surface area contributed by atoms with Gasteiger partial charge in [0, 0.05) is 51.0 Å². The summed E-state index contributed by atoms with van der Waals surface area (Å²) in [7, 11) is 2.06. The van der Waals surface area contributed by atoms with Crippen molar-refractivity contribution in [2.75, 3.05) is 62.3 Å². The second kappa shape index (κ2) is 11.1. The third kappa shape index (κ3) is 5.61. The molecule has 226 valence electrons. The van der Waals surface area contributed by atoms with Crippen LogP contribution in [0.5, 0.6) is 0 Å². The van der Waals surface area contributed by atoms with E-state index < -0.39 is 41.4 Å². The molecular weight excluding hydrogens is 551 g/mol. The third-order valence-corrected chi connectivity index (χ3v) is 8.68. The Balaban J connectivity index is 1.41. The number of halogens is 3. The lowest BCUT2D eigenvalue weighted by Gasteiger charge is -2.46. The van der Waals surface area contributed by atoms with Crippen molar-refractivity contribution in [2.45, 2.75) is 44.9 Å². The van der Waals surface area contributed by atoms with Gasteiger partial charge >= 0.3 is 18.0 Å². The Kier molecular flexibility index (Phi) is 7.82. The maximum Gasteiger partial charge on any atom is 0.403 e. The number of aromatic nitrogens is 1. The zero-order valence-electron chi connectivity index (χ0n) is 23.9. The Morgan fingerprint density at radius 1 is 1.02 bits per heavy atom. The van der Waals surface area contributed by atoms with Gasteiger partial charge in [-0.1, -0.05) is 12.1 Å². The standard InChI is InChI=1S/C29H36F3N7O3/c1-18-14-21(15-34-24(18)33)35-25(40)26(41)39-16-19(2)38(27(42)28(8-9-28)29(30,31)32)17-23(39)20-4-6-22(7-5-20)37-12-10-36(3)11-13-37/h4-7,14-15,19,23H,8-13,16-17H2,1-3H3,(H2,33,34)(H,35,40)/t19-,23-/m1/s1. The van der Waals surface area contributed by atoms with Crippen LogP contribution in [0.3, 0.4) is 0 Å². The first-order valence-corrected chi connectivity index (χ1v) is 14.1. The summed E-state index contributed by atoms with van der Waals surface area (Å²) >= 11 is 0. The van der Waals surface area contributed by atoms with Crippen LogP contribution < -0.4 is 16.0 Å². The minimum absolute atomic E-state index is 0.101. The van der Waals surface area contributed by atoms with Crippen LogP contribution in [0.4, 0.5) is 30.4 Å². The number of likely N-dealkylation sites (N-methyl/N-ethyl adjacent to an activating group) is 1. The van der Waals surface area contributed by atoms with Gasteiger partial charge in [-0.2, -0.15) is 13.2 Å². The highest BCUT2D eigenvalue weighted by atomic mass is 19.4. The van der Waals surface area contributed by atoms with Crippen LogP contribution in [-0.2, 0) is 14.4 Å². The second-order valence-corrected chi connectivity index (χ2v) is 11.6. The monoisotopic (exact) mass is 587 g/mol. The number of amides is 3. The molecule has 3 heterocycles. The Bertz CT molecular complexity index is 1360. The predicted molar refractivity (Wildman–Crippen MR) is 152 cm³/mol. The number of alkyl halides is 3. The molecular formula is C29H36F3N7O3. The minimum atomic E-state index is -4.65. The maximum atomic E-state index is 13.9. The van der Waals surface area contributed by atoms with Crippen LogP contribution >= 0.6 is 0 Å². The summed E-state index contributed by atoms with van der Waals surface area (Å²) < 4.78 is 41.6. The summed E-state index contributed by atoms with van der Waals surface area (Å²) in [6, 6.07) is 7.50. The lowest BCUT2D eigenvalue weighted by Crippen LogP contribution is -2.60. The predicted octanol–water partition coefficient (Wildman–Crippen LogP) is 2.81. The van der Waals surface area contributed by atoms with Crippen molar-refractivity contribution >= 4 is 34.9 Å². The molecule has 5 rings (SSSR count). The van der Waals surface area contributed by atoms with Gasteiger partial charge in [-0.3, -0.25) is 14.4 Å². The zero-order valence-corrected chi connectivity index (χ0v) is 23.9. The summed E-state index contributed by atoms with van der Waals surface area (Å²) in [4.78, 5) is 51.0. The molecule has 3 amide bonds. The third-order valence-electron chi connectivity index (χ3n) is 8.68. The second-order valence-electron chi connectivity index (χ2n) is 11.6. The number of carbonyl (C=O) groups is 3. The molecule has 1 saturated carbocycles. The van der Waals surface area contributed by atoms with E-state index in [-0.39, 0.29) is 31.6 Å². The van der Waals surface area contributed by atoms with Gasteiger partial charge < -0.3 is 30.7 Å². The fourth-order valence-electron chi connectivity index (χ4n) is 5.73. The number of hydrogen-bond donors (Lipinski definition) is 2. The van der Waals surface area contributed by atoms with Crippen LogP contribution in [0.1, 0.15) is 36.9 Å². The van der Waals surface area contributed by atoms with Gasteiger partial charge in [0.15, 0.2) is 0 Å². The lowest BCUT2D eigenvalue weighted by molar-refractivity contribution is -0.201. The highest BCUT2D eigenvalue weighted by Crippen LogP contribution is 2.59. The number of anilines is 3. The summed E-state index contributed by atoms with van der Waals surface area (Å²) in [5, 5.41) is 2.55. The Morgan fingerprint density at radius 2 is 1.67 bits per heavy atom. The van der Waals surface area contributed by atoms with Gasteiger partial charge in [-0.15, -0.1) is 0 Å². The van der Waals surface area contributed by atoms with Crippen molar-refractivity contribution in [3.05, 3.63) is 47.7 Å². The van der Waals surface area contributed by atoms with Crippen molar-refractivity contribution in [3.8, 4) is 0 Å². The van der Waals surface area contributed by atoms with E-state index in [4.69, 9.17) is 5.73 Å². The summed E-state index contributed by atoms with van der Waals surface area (Å²) in [6.45, 7) is 6.59. The van der Waals surface area contributed by atoms with Crippen LogP contribution in [0.2, 0.25) is 0 Å². The molecule has 3 aliphatic rings. The van der Waals surface area contributed by atoms with E-state index in [2.05, 4.69) is 27.1 Å². The largest absolute Gasteiger partial charge is 0.403 e. The maximum absolute atomic E-state index is 13.9. The van der Waals surface area contributed by atoms with Crippen molar-refractivity contribution in [3.63, 3.8) is 0 Å². The number of hydrogen-bond acceptors (Lipinski definition) is 7. The quantitative estimate of drug-likeness (QED) is 0.529. The van der Waals surface area contributed by atoms with Gasteiger partial charge in [0.2, 0.25) is 5.91 Å². The van der Waals surface area contributed by atoms with Crippen LogP contribution in [0.15, 0.2) is 36.5 Å². The number of benzene rings is 1. The van der Waals surface area contributed by atoms with Gasteiger partial charge in [0.25, 0.3) is 0 Å². The number of nitrogens with zero attached hydrogens (tertiary/aromatic N) is 5. The van der Waals surface area contributed by atoms with E-state index in [1.807, 2.05) is 24.3 Å². The smallest absolute Gasteiger partial charge is 0.383 e. The first kappa shape index (κ1) is 29.6. The number of piperazine rings is 2. The topological polar surface area (TPSA) is 115 Å². The van der Waals surface area contributed by atoms with Crippen molar-refractivity contribution in [2.24, 2.45) is 5.41 Å². The number of rotatable bonds is 4. The normalized spacial score (nSPS) is 22.6. The molecule has 0 radical (unpaired) electrons. The van der Waals surface area contributed by atoms with Crippen LogP contribution in [-0.4, -0.2) is 95.9 Å². The minimum Gasteiger partial charge on any atom is -0.383 e. The van der Waals surface area contributed by atoms with E-state index in [0.29, 0.717) is 16.9 Å². The molecule has 3 fully saturated rings. The zero-order chi connectivity index (χ0) is 30.4. The Labute approximate surface area is 242 Å². The van der Waals surface area contributed by atoms with Crippen molar-refractivity contribution in [1.29, 1.82) is 0 Å². The number of pyridine rings is 1. The molecule has 2 aromatic rings. The van der Waals surface area contributed by atoms with E-state index in [1.54, 1.807) is 19.9 Å². The van der Waals surface area contributed by atoms with Crippen LogP contribution in [0, 0.1) is 12.3 Å². The number of nitrogen functional groups attached to an aromatic ring is 1. The van der Waals surface area contributed by atoms with E-state index >= 15 is 0 Å². The Morgan fingerprint density at radius 3 is 2.24 bits per heavy atom. The van der Waals surface area contributed by atoms with Crippen molar-refractivity contribution < 1.29 is 27.6 Å². The summed E-state index contributed by atoms with van der Waals surface area (Å²) in [5.74, 6) is -2.45.